The molecule has 0 bridgehead atoms. The highest BCUT2D eigenvalue weighted by molar-refractivity contribution is 7.99. The maximum atomic E-state index is 13.3. The second-order valence-corrected chi connectivity index (χ2v) is 9.29. The summed E-state index contributed by atoms with van der Waals surface area (Å²) in [6, 6.07) is 15.4. The van der Waals surface area contributed by atoms with Gasteiger partial charge in [0.15, 0.2) is 5.16 Å². The first-order valence-electron chi connectivity index (χ1n) is 10.1. The summed E-state index contributed by atoms with van der Waals surface area (Å²) in [6.07, 6.45) is 0. The zero-order valence-corrected chi connectivity index (χ0v) is 19.7. The van der Waals surface area contributed by atoms with Gasteiger partial charge in [-0.1, -0.05) is 30.0 Å². The van der Waals surface area contributed by atoms with E-state index in [4.69, 9.17) is 4.74 Å². The van der Waals surface area contributed by atoms with Crippen LogP contribution in [0.1, 0.15) is 16.7 Å². The maximum absolute atomic E-state index is 13.3. The molecule has 32 heavy (non-hydrogen) atoms. The van der Waals surface area contributed by atoms with E-state index in [1.54, 1.807) is 11.7 Å². The normalized spacial score (nSPS) is 11.0. The van der Waals surface area contributed by atoms with Crippen molar-refractivity contribution in [2.24, 2.45) is 0 Å². The van der Waals surface area contributed by atoms with Gasteiger partial charge in [-0.3, -0.25) is 14.2 Å². The quantitative estimate of drug-likeness (QED) is 0.322. The second-order valence-electron chi connectivity index (χ2n) is 7.43. The molecule has 1 N–H and O–H groups in total. The molecular formula is C24H23N3O3S2. The van der Waals surface area contributed by atoms with Crippen molar-refractivity contribution < 1.29 is 9.53 Å². The predicted octanol–water partition coefficient (Wildman–Crippen LogP) is 4.48. The van der Waals surface area contributed by atoms with Gasteiger partial charge in [0.1, 0.15) is 10.4 Å². The lowest BCUT2D eigenvalue weighted by Gasteiger charge is -2.13. The van der Waals surface area contributed by atoms with E-state index >= 15 is 0 Å². The minimum atomic E-state index is -0.135. The first kappa shape index (κ1) is 22.1. The van der Waals surface area contributed by atoms with Crippen LogP contribution in [0.5, 0.6) is 5.75 Å². The fourth-order valence-electron chi connectivity index (χ4n) is 3.46. The van der Waals surface area contributed by atoms with E-state index < -0.39 is 0 Å². The average molecular weight is 466 g/mol. The van der Waals surface area contributed by atoms with Gasteiger partial charge in [0.05, 0.1) is 24.1 Å². The van der Waals surface area contributed by atoms with Crippen molar-refractivity contribution in [1.29, 1.82) is 0 Å². The molecule has 0 fully saturated rings. The minimum Gasteiger partial charge on any atom is -0.497 e. The molecule has 0 aliphatic heterocycles. The molecule has 2 aromatic carbocycles. The van der Waals surface area contributed by atoms with Gasteiger partial charge in [-0.25, -0.2) is 4.98 Å². The minimum absolute atomic E-state index is 0.116. The molecule has 0 aliphatic carbocycles. The van der Waals surface area contributed by atoms with Crippen LogP contribution in [0.2, 0.25) is 0 Å². The summed E-state index contributed by atoms with van der Waals surface area (Å²) in [6.45, 7) is 4.40. The Bertz CT molecular complexity index is 1320. The summed E-state index contributed by atoms with van der Waals surface area (Å²) in [7, 11) is 1.61. The lowest BCUT2D eigenvalue weighted by molar-refractivity contribution is -0.118. The Balaban J connectivity index is 1.57. The van der Waals surface area contributed by atoms with Gasteiger partial charge < -0.3 is 10.1 Å². The molecule has 2 heterocycles. The number of benzene rings is 2. The Morgan fingerprint density at radius 1 is 1.16 bits per heavy atom. The first-order chi connectivity index (χ1) is 15.4. The number of carbonyl (C=O) groups excluding carboxylic acids is 1. The summed E-state index contributed by atoms with van der Waals surface area (Å²) >= 11 is 2.64. The van der Waals surface area contributed by atoms with Crippen LogP contribution in [-0.2, 0) is 11.3 Å². The fourth-order valence-corrected chi connectivity index (χ4v) is 5.06. The molecule has 8 heteroatoms. The Morgan fingerprint density at radius 3 is 2.69 bits per heavy atom. The Hall–Kier alpha value is -3.10. The van der Waals surface area contributed by atoms with Crippen molar-refractivity contribution in [3.63, 3.8) is 0 Å². The third-order valence-electron chi connectivity index (χ3n) is 4.87. The van der Waals surface area contributed by atoms with Crippen molar-refractivity contribution in [3.05, 3.63) is 81.0 Å². The molecule has 0 atom stereocenters. The van der Waals surface area contributed by atoms with Crippen LogP contribution in [0.25, 0.3) is 15.9 Å². The van der Waals surface area contributed by atoms with Gasteiger partial charge in [-0.15, -0.1) is 11.3 Å². The number of ether oxygens (including phenoxy) is 1. The molecule has 1 amide bonds. The van der Waals surface area contributed by atoms with Crippen LogP contribution < -0.4 is 15.6 Å². The molecule has 0 aliphatic rings. The van der Waals surface area contributed by atoms with Crippen LogP contribution >= 0.6 is 23.1 Å². The molecule has 0 unspecified atom stereocenters. The number of fused-ring (bicyclic) bond motifs is 1. The number of methoxy groups -OCH3 is 1. The lowest BCUT2D eigenvalue weighted by Crippen LogP contribution is -2.26. The highest BCUT2D eigenvalue weighted by atomic mass is 32.2. The number of nitrogens with zero attached hydrogens (tertiary/aromatic N) is 2. The van der Waals surface area contributed by atoms with Gasteiger partial charge in [-0.2, -0.15) is 0 Å². The van der Waals surface area contributed by atoms with E-state index in [2.05, 4.69) is 16.4 Å². The van der Waals surface area contributed by atoms with Crippen molar-refractivity contribution in [2.45, 2.75) is 25.5 Å². The Labute approximate surface area is 194 Å². The van der Waals surface area contributed by atoms with E-state index in [1.165, 1.54) is 23.1 Å². The third kappa shape index (κ3) is 4.87. The molecule has 0 spiro atoms. The number of thiophene rings is 1. The SMILES string of the molecule is COc1cccc(CNC(=O)CSc2nc3ccsc3c(=O)n2-c2cc(C)cc(C)c2)c1. The van der Waals surface area contributed by atoms with Gasteiger partial charge >= 0.3 is 0 Å². The van der Waals surface area contributed by atoms with E-state index in [0.29, 0.717) is 21.9 Å². The number of aryl methyl sites for hydroxylation is 2. The molecule has 0 saturated heterocycles. The highest BCUT2D eigenvalue weighted by Crippen LogP contribution is 2.24. The summed E-state index contributed by atoms with van der Waals surface area (Å²) < 4.78 is 7.44. The van der Waals surface area contributed by atoms with E-state index in [0.717, 1.165) is 28.1 Å². The number of amides is 1. The van der Waals surface area contributed by atoms with Crippen molar-refractivity contribution >= 4 is 39.2 Å². The summed E-state index contributed by atoms with van der Waals surface area (Å²) in [5.41, 5.74) is 4.37. The largest absolute Gasteiger partial charge is 0.497 e. The highest BCUT2D eigenvalue weighted by Gasteiger charge is 2.16. The number of hydrogen-bond acceptors (Lipinski definition) is 6. The maximum Gasteiger partial charge on any atom is 0.276 e. The van der Waals surface area contributed by atoms with Gasteiger partial charge in [0, 0.05) is 6.54 Å². The summed E-state index contributed by atoms with van der Waals surface area (Å²) in [5, 5.41) is 5.28. The van der Waals surface area contributed by atoms with Crippen LogP contribution in [-0.4, -0.2) is 28.3 Å². The van der Waals surface area contributed by atoms with Crippen LogP contribution in [0, 0.1) is 13.8 Å². The smallest absolute Gasteiger partial charge is 0.276 e. The van der Waals surface area contributed by atoms with Crippen LogP contribution in [0.15, 0.2) is 63.9 Å². The number of thioether (sulfide) groups is 1. The molecule has 0 saturated carbocycles. The Kier molecular flexibility index (Phi) is 6.62. The van der Waals surface area contributed by atoms with E-state index in [-0.39, 0.29) is 17.2 Å². The Morgan fingerprint density at radius 2 is 1.94 bits per heavy atom. The number of rotatable bonds is 7. The standard InChI is InChI=1S/C24H23N3O3S2/c1-15-9-16(2)11-18(10-15)27-23(29)22-20(7-8-31-22)26-24(27)32-14-21(28)25-13-17-5-4-6-19(12-17)30-3/h4-12H,13-14H2,1-3H3,(H,25,28). The zero-order valence-electron chi connectivity index (χ0n) is 18.0. The zero-order chi connectivity index (χ0) is 22.7. The second kappa shape index (κ2) is 9.58. The predicted molar refractivity (Wildman–Crippen MR) is 130 cm³/mol. The first-order valence-corrected chi connectivity index (χ1v) is 11.9. The van der Waals surface area contributed by atoms with Gasteiger partial charge in [-0.05, 0) is 66.2 Å². The fraction of sp³-hybridized carbons (Fsp3) is 0.208. The number of aromatic nitrogens is 2. The molecule has 0 radical (unpaired) electrons. The van der Waals surface area contributed by atoms with Crippen LogP contribution in [0.3, 0.4) is 0 Å². The number of carbonyl (C=O) groups is 1. The molecule has 4 aromatic rings. The molecule has 2 aromatic heterocycles. The topological polar surface area (TPSA) is 73.2 Å². The van der Waals surface area contributed by atoms with E-state index in [9.17, 15) is 9.59 Å². The van der Waals surface area contributed by atoms with Gasteiger partial charge in [0.25, 0.3) is 5.56 Å². The molecule has 6 nitrogen and oxygen atoms in total. The molecule has 4 rings (SSSR count). The van der Waals surface area contributed by atoms with Crippen LogP contribution in [0.4, 0.5) is 0 Å². The van der Waals surface area contributed by atoms with Crippen molar-refractivity contribution in [2.75, 3.05) is 12.9 Å². The third-order valence-corrected chi connectivity index (χ3v) is 6.70. The van der Waals surface area contributed by atoms with Gasteiger partial charge in [0.2, 0.25) is 5.91 Å². The summed E-state index contributed by atoms with van der Waals surface area (Å²) in [4.78, 5) is 30.5. The average Bonchev–Trinajstić information content (AvgIpc) is 3.25. The monoisotopic (exact) mass is 465 g/mol. The number of nitrogens with one attached hydrogen (secondary N) is 1. The van der Waals surface area contributed by atoms with E-state index in [1.807, 2.05) is 61.7 Å². The molecular weight excluding hydrogens is 442 g/mol. The molecule has 164 valence electrons. The lowest BCUT2D eigenvalue weighted by atomic mass is 10.1. The van der Waals surface area contributed by atoms with Crippen molar-refractivity contribution in [3.8, 4) is 11.4 Å². The number of hydrogen-bond donors (Lipinski definition) is 1. The van der Waals surface area contributed by atoms with Crippen molar-refractivity contribution in [1.82, 2.24) is 14.9 Å². The summed E-state index contributed by atoms with van der Waals surface area (Å²) in [5.74, 6) is 0.762.